The first-order valence-electron chi connectivity index (χ1n) is 12.2. The third kappa shape index (κ3) is 4.64. The Labute approximate surface area is 206 Å². The van der Waals surface area contributed by atoms with Gasteiger partial charge in [-0.3, -0.25) is 4.79 Å². The molecule has 35 heavy (non-hydrogen) atoms. The van der Waals surface area contributed by atoms with E-state index < -0.39 is 0 Å². The van der Waals surface area contributed by atoms with Crippen molar-refractivity contribution in [1.29, 1.82) is 0 Å². The van der Waals surface area contributed by atoms with Crippen molar-refractivity contribution in [2.75, 3.05) is 43.4 Å². The second-order valence-corrected chi connectivity index (χ2v) is 9.60. The lowest BCUT2D eigenvalue weighted by Crippen LogP contribution is -2.44. The number of amides is 1. The van der Waals surface area contributed by atoms with Gasteiger partial charge in [0.25, 0.3) is 5.91 Å². The fourth-order valence-electron chi connectivity index (χ4n) is 4.55. The molecular formula is C28H32N6O. The highest BCUT2D eigenvalue weighted by Gasteiger charge is 2.21. The van der Waals surface area contributed by atoms with Gasteiger partial charge in [-0.1, -0.05) is 42.0 Å². The van der Waals surface area contributed by atoms with Gasteiger partial charge in [-0.05, 0) is 46.0 Å². The summed E-state index contributed by atoms with van der Waals surface area (Å²) in [6, 6.07) is 18.3. The number of benzene rings is 2. The molecule has 0 saturated carbocycles. The van der Waals surface area contributed by atoms with E-state index in [0.29, 0.717) is 5.56 Å². The largest absolute Gasteiger partial charge is 0.367 e. The summed E-state index contributed by atoms with van der Waals surface area (Å²) >= 11 is 0. The highest BCUT2D eigenvalue weighted by Crippen LogP contribution is 2.30. The minimum absolute atomic E-state index is 0.127. The van der Waals surface area contributed by atoms with E-state index in [4.69, 9.17) is 4.98 Å². The maximum atomic E-state index is 13.7. The van der Waals surface area contributed by atoms with E-state index >= 15 is 0 Å². The molecule has 0 radical (unpaired) electrons. The number of carbonyl (C=O) groups excluding carboxylic acids is 1. The molecule has 0 unspecified atom stereocenters. The predicted molar refractivity (Wildman–Crippen MR) is 142 cm³/mol. The topological polar surface area (TPSA) is 66.3 Å². The minimum atomic E-state index is -0.157. The first-order chi connectivity index (χ1) is 16.9. The summed E-state index contributed by atoms with van der Waals surface area (Å²) in [7, 11) is 2.14. The Morgan fingerprint density at radius 1 is 1.00 bits per heavy atom. The van der Waals surface area contributed by atoms with E-state index in [0.717, 1.165) is 59.8 Å². The molecule has 0 bridgehead atoms. The van der Waals surface area contributed by atoms with Gasteiger partial charge in [-0.2, -0.15) is 5.10 Å². The molecule has 1 saturated heterocycles. The lowest BCUT2D eigenvalue weighted by atomic mass is 10.0. The number of para-hydroxylation sites is 2. The smallest absolute Gasteiger partial charge is 0.256 e. The van der Waals surface area contributed by atoms with Crippen LogP contribution in [0.3, 0.4) is 0 Å². The van der Waals surface area contributed by atoms with Crippen molar-refractivity contribution in [3.05, 3.63) is 71.9 Å². The molecule has 2 aromatic heterocycles. The number of carbonyl (C=O) groups is 1. The SMILES string of the molecule is Cc1ccc(-c2cc(C(=O)Nc3ccccc3N3CCN(C)CC3)c3cnn(C(C)C)c3n2)cc1. The highest BCUT2D eigenvalue weighted by molar-refractivity contribution is 6.13. The van der Waals surface area contributed by atoms with Gasteiger partial charge in [-0.15, -0.1) is 0 Å². The van der Waals surface area contributed by atoms with Crippen molar-refractivity contribution in [3.8, 4) is 11.3 Å². The van der Waals surface area contributed by atoms with Gasteiger partial charge < -0.3 is 15.1 Å². The molecule has 7 nitrogen and oxygen atoms in total. The number of rotatable bonds is 5. The number of hydrogen-bond acceptors (Lipinski definition) is 5. The number of anilines is 2. The van der Waals surface area contributed by atoms with Gasteiger partial charge in [0, 0.05) is 37.8 Å². The van der Waals surface area contributed by atoms with E-state index in [1.165, 1.54) is 5.56 Å². The number of aryl methyl sites for hydroxylation is 1. The Balaban J connectivity index is 1.54. The molecule has 7 heteroatoms. The van der Waals surface area contributed by atoms with Gasteiger partial charge >= 0.3 is 0 Å². The predicted octanol–water partition coefficient (Wildman–Crippen LogP) is 4.99. The summed E-state index contributed by atoms with van der Waals surface area (Å²) in [5.41, 5.74) is 6.08. The van der Waals surface area contributed by atoms with Crippen LogP contribution in [0.1, 0.15) is 35.8 Å². The lowest BCUT2D eigenvalue weighted by Gasteiger charge is -2.35. The minimum Gasteiger partial charge on any atom is -0.367 e. The first-order valence-corrected chi connectivity index (χ1v) is 12.2. The third-order valence-corrected chi connectivity index (χ3v) is 6.64. The molecule has 1 N–H and O–H groups in total. The monoisotopic (exact) mass is 468 g/mol. The summed E-state index contributed by atoms with van der Waals surface area (Å²) in [4.78, 5) is 23.3. The number of pyridine rings is 1. The van der Waals surface area contributed by atoms with Crippen LogP contribution in [0.2, 0.25) is 0 Å². The van der Waals surface area contributed by atoms with Gasteiger partial charge in [-0.25, -0.2) is 9.67 Å². The fraction of sp³-hybridized carbons (Fsp3) is 0.321. The molecule has 180 valence electrons. The standard InChI is InChI=1S/C28H32N6O/c1-19(2)34-27-23(18-29-34)22(17-25(30-27)21-11-9-20(3)10-12-21)28(35)31-24-7-5-6-8-26(24)33-15-13-32(4)14-16-33/h5-12,17-19H,13-16H2,1-4H3,(H,31,35). The van der Waals surface area contributed by atoms with Crippen LogP contribution in [0, 0.1) is 6.92 Å². The maximum absolute atomic E-state index is 13.7. The molecule has 0 atom stereocenters. The Hall–Kier alpha value is -3.71. The second-order valence-electron chi connectivity index (χ2n) is 9.60. The van der Waals surface area contributed by atoms with Gasteiger partial charge in [0.05, 0.1) is 34.2 Å². The number of hydrogen-bond donors (Lipinski definition) is 1. The van der Waals surface area contributed by atoms with Crippen molar-refractivity contribution in [1.82, 2.24) is 19.7 Å². The first kappa shape index (κ1) is 23.1. The van der Waals surface area contributed by atoms with E-state index in [1.54, 1.807) is 6.20 Å². The average molecular weight is 469 g/mol. The quantitative estimate of drug-likeness (QED) is 0.447. The molecule has 1 amide bonds. The summed E-state index contributed by atoms with van der Waals surface area (Å²) in [5, 5.41) is 8.50. The zero-order valence-corrected chi connectivity index (χ0v) is 20.8. The molecule has 1 fully saturated rings. The van der Waals surface area contributed by atoms with Crippen LogP contribution in [0.5, 0.6) is 0 Å². The molecule has 0 aliphatic carbocycles. The number of aromatic nitrogens is 3. The third-order valence-electron chi connectivity index (χ3n) is 6.64. The summed E-state index contributed by atoms with van der Waals surface area (Å²) < 4.78 is 1.88. The summed E-state index contributed by atoms with van der Waals surface area (Å²) in [5.74, 6) is -0.157. The summed E-state index contributed by atoms with van der Waals surface area (Å²) in [6.07, 6.45) is 1.75. The zero-order chi connectivity index (χ0) is 24.5. The van der Waals surface area contributed by atoms with Crippen LogP contribution in [0.4, 0.5) is 11.4 Å². The van der Waals surface area contributed by atoms with Crippen LogP contribution in [-0.2, 0) is 0 Å². The van der Waals surface area contributed by atoms with Crippen LogP contribution in [0.25, 0.3) is 22.3 Å². The summed E-state index contributed by atoms with van der Waals surface area (Å²) in [6.45, 7) is 10.1. The molecule has 5 rings (SSSR count). The number of likely N-dealkylation sites (N-methyl/N-ethyl adjacent to an activating group) is 1. The highest BCUT2D eigenvalue weighted by atomic mass is 16.1. The van der Waals surface area contributed by atoms with Crippen molar-refractivity contribution < 1.29 is 4.79 Å². The number of nitrogens with one attached hydrogen (secondary N) is 1. The van der Waals surface area contributed by atoms with Gasteiger partial charge in [0.15, 0.2) is 5.65 Å². The number of nitrogens with zero attached hydrogens (tertiary/aromatic N) is 5. The number of piperazine rings is 1. The normalized spacial score (nSPS) is 14.6. The van der Waals surface area contributed by atoms with E-state index in [2.05, 4.69) is 66.2 Å². The molecular weight excluding hydrogens is 436 g/mol. The van der Waals surface area contributed by atoms with E-state index in [9.17, 15) is 4.79 Å². The lowest BCUT2D eigenvalue weighted by molar-refractivity contribution is 0.102. The second kappa shape index (κ2) is 9.50. The van der Waals surface area contributed by atoms with Crippen molar-refractivity contribution in [2.45, 2.75) is 26.8 Å². The Morgan fingerprint density at radius 3 is 2.43 bits per heavy atom. The van der Waals surface area contributed by atoms with Crippen molar-refractivity contribution in [2.24, 2.45) is 0 Å². The van der Waals surface area contributed by atoms with Crippen LogP contribution < -0.4 is 10.2 Å². The average Bonchev–Trinajstić information content (AvgIpc) is 3.29. The molecule has 1 aliphatic heterocycles. The molecule has 1 aliphatic rings. The molecule has 2 aromatic carbocycles. The fourth-order valence-corrected chi connectivity index (χ4v) is 4.55. The zero-order valence-electron chi connectivity index (χ0n) is 20.8. The van der Waals surface area contributed by atoms with E-state index in [-0.39, 0.29) is 11.9 Å². The van der Waals surface area contributed by atoms with Crippen molar-refractivity contribution >= 4 is 28.3 Å². The molecule has 4 aromatic rings. The van der Waals surface area contributed by atoms with Crippen LogP contribution in [0.15, 0.2) is 60.8 Å². The van der Waals surface area contributed by atoms with Gasteiger partial charge in [0.2, 0.25) is 0 Å². The van der Waals surface area contributed by atoms with Crippen LogP contribution >= 0.6 is 0 Å². The molecule has 3 heterocycles. The Kier molecular flexibility index (Phi) is 6.26. The number of fused-ring (bicyclic) bond motifs is 1. The Bertz CT molecular complexity index is 1350. The Morgan fingerprint density at radius 2 is 1.71 bits per heavy atom. The van der Waals surface area contributed by atoms with Crippen LogP contribution in [-0.4, -0.2) is 58.8 Å². The van der Waals surface area contributed by atoms with Crippen molar-refractivity contribution in [3.63, 3.8) is 0 Å². The maximum Gasteiger partial charge on any atom is 0.256 e. The van der Waals surface area contributed by atoms with Gasteiger partial charge in [0.1, 0.15) is 0 Å². The van der Waals surface area contributed by atoms with E-state index in [1.807, 2.05) is 41.1 Å². The molecule has 0 spiro atoms.